The molecule has 9 aliphatic rings. The van der Waals surface area contributed by atoms with Crippen LogP contribution in [0.2, 0.25) is 0 Å². The van der Waals surface area contributed by atoms with Crippen LogP contribution in [-0.2, 0) is 5.41 Å². The lowest BCUT2D eigenvalue weighted by molar-refractivity contribution is 0.194. The third-order valence-corrected chi connectivity index (χ3v) is 17.5. The van der Waals surface area contributed by atoms with Gasteiger partial charge in [0.15, 0.2) is 0 Å². The molecule has 0 saturated heterocycles. The number of hydrogen-bond donors (Lipinski definition) is 0. The summed E-state index contributed by atoms with van der Waals surface area (Å²) >= 11 is 2.28. The molecule has 1 heterocycles. The molecule has 0 spiro atoms. The molecule has 1 heteroatoms. The van der Waals surface area contributed by atoms with Crippen LogP contribution in [0.15, 0.2) is 148 Å². The van der Waals surface area contributed by atoms with E-state index < -0.39 is 0 Å². The first-order chi connectivity index (χ1) is 27.0. The van der Waals surface area contributed by atoms with Crippen LogP contribution < -0.4 is 10.4 Å². The highest BCUT2D eigenvalue weighted by atomic mass is 32.2. The fourth-order valence-corrected chi connectivity index (χ4v) is 14.9. The van der Waals surface area contributed by atoms with Crippen LogP contribution in [0.5, 0.6) is 0 Å². The first-order valence-corrected chi connectivity index (χ1v) is 22.7. The molecule has 278 valence electrons. The fraction of sp³-hybridized carbons (Fsp3) is 0.407. The zero-order chi connectivity index (χ0) is 36.8. The fourth-order valence-electron chi connectivity index (χ4n) is 13.1. The summed E-state index contributed by atoms with van der Waals surface area (Å²) in [5.41, 5.74) is 14.4. The van der Waals surface area contributed by atoms with Gasteiger partial charge in [0.05, 0.1) is 0 Å². The van der Waals surface area contributed by atoms with Gasteiger partial charge in [-0.3, -0.25) is 0 Å². The van der Waals surface area contributed by atoms with Crippen molar-refractivity contribution in [3.8, 4) is 0 Å². The summed E-state index contributed by atoms with van der Waals surface area (Å²) in [6.45, 7) is 7.82. The minimum absolute atomic E-state index is 0.0189. The van der Waals surface area contributed by atoms with Crippen molar-refractivity contribution in [3.05, 3.63) is 169 Å². The van der Waals surface area contributed by atoms with Gasteiger partial charge in [0.1, 0.15) is 0 Å². The minimum Gasteiger partial charge on any atom is -0.125 e. The topological polar surface area (TPSA) is 0 Å². The molecular weight excluding hydrogens is 681 g/mol. The van der Waals surface area contributed by atoms with Crippen molar-refractivity contribution < 1.29 is 0 Å². The molecule has 10 unspecified atom stereocenters. The van der Waals surface area contributed by atoms with Crippen molar-refractivity contribution in [2.45, 2.75) is 89.2 Å². The lowest BCUT2D eigenvalue weighted by Crippen LogP contribution is -2.49. The summed E-state index contributed by atoms with van der Waals surface area (Å²) < 4.78 is 0. The van der Waals surface area contributed by atoms with Gasteiger partial charge >= 0.3 is 0 Å². The average molecular weight is 737 g/mol. The van der Waals surface area contributed by atoms with Crippen molar-refractivity contribution in [2.24, 2.45) is 47.3 Å². The molecule has 10 atom stereocenters. The molecule has 0 bridgehead atoms. The molecule has 55 heavy (non-hydrogen) atoms. The Morgan fingerprint density at radius 2 is 1.55 bits per heavy atom. The molecule has 0 N–H and O–H groups in total. The molecule has 2 aromatic rings. The Morgan fingerprint density at radius 3 is 2.45 bits per heavy atom. The van der Waals surface area contributed by atoms with Crippen LogP contribution in [0.3, 0.4) is 0 Å². The number of benzene rings is 2. The average Bonchev–Trinajstić information content (AvgIpc) is 3.50. The van der Waals surface area contributed by atoms with E-state index >= 15 is 0 Å². The molecule has 0 amide bonds. The summed E-state index contributed by atoms with van der Waals surface area (Å²) in [6, 6.07) is 18.8. The van der Waals surface area contributed by atoms with Gasteiger partial charge in [-0.15, -0.1) is 11.8 Å². The predicted molar refractivity (Wildman–Crippen MR) is 234 cm³/mol. The smallest absolute Gasteiger partial charge is 0.0221 e. The number of rotatable bonds is 3. The molecule has 0 saturated carbocycles. The van der Waals surface area contributed by atoms with E-state index in [1.54, 1.807) is 49.5 Å². The monoisotopic (exact) mass is 736 g/mol. The molecule has 2 aromatic carbocycles. The van der Waals surface area contributed by atoms with Crippen LogP contribution in [-0.4, -0.2) is 5.25 Å². The van der Waals surface area contributed by atoms with Gasteiger partial charge < -0.3 is 0 Å². The molecule has 11 rings (SSSR count). The van der Waals surface area contributed by atoms with E-state index in [9.17, 15) is 0 Å². The standard InChI is InChI=1S/C54H56S/c1-33-14-4-9-21-44-47-32-46(42-19-10-11-20-43(42)53(47)55-52(33)44)40-28-34(2)51-48(31-40)50(39-25-24-35-15-5-7-17-37(35)29-39)45-22-12-13-23-49(45)54(51,3)41-27-26-36-16-6-8-18-38(36)30-41/h6-10,12-13,16-19,21-26,30-34,39,41-44,51-52H,4-5,11,14-15,20,27-29H2,1-3H3. The summed E-state index contributed by atoms with van der Waals surface area (Å²) in [5.74, 6) is 4.24. The van der Waals surface area contributed by atoms with Crippen molar-refractivity contribution in [3.63, 3.8) is 0 Å². The van der Waals surface area contributed by atoms with E-state index in [-0.39, 0.29) is 5.41 Å². The van der Waals surface area contributed by atoms with Crippen molar-refractivity contribution in [1.29, 1.82) is 0 Å². The summed E-state index contributed by atoms with van der Waals surface area (Å²) in [6.07, 6.45) is 41.8. The third-order valence-electron chi connectivity index (χ3n) is 15.7. The lowest BCUT2D eigenvalue weighted by Gasteiger charge is -2.54. The highest BCUT2D eigenvalue weighted by molar-refractivity contribution is 8.04. The zero-order valence-electron chi connectivity index (χ0n) is 33.0. The van der Waals surface area contributed by atoms with Crippen molar-refractivity contribution >= 4 is 29.5 Å². The minimum atomic E-state index is -0.0189. The van der Waals surface area contributed by atoms with E-state index in [1.807, 2.05) is 0 Å². The van der Waals surface area contributed by atoms with E-state index in [2.05, 4.69) is 154 Å². The Labute approximate surface area is 333 Å². The Kier molecular flexibility index (Phi) is 8.39. The second kappa shape index (κ2) is 13.4. The summed E-state index contributed by atoms with van der Waals surface area (Å²) in [4.78, 5) is 1.74. The van der Waals surface area contributed by atoms with Gasteiger partial charge in [0, 0.05) is 34.3 Å². The van der Waals surface area contributed by atoms with Crippen molar-refractivity contribution in [1.82, 2.24) is 0 Å². The Hall–Kier alpha value is -3.81. The summed E-state index contributed by atoms with van der Waals surface area (Å²) in [5, 5.41) is 3.50. The van der Waals surface area contributed by atoms with Gasteiger partial charge in [0.25, 0.3) is 0 Å². The van der Waals surface area contributed by atoms with Crippen LogP contribution in [0, 0.1) is 47.3 Å². The van der Waals surface area contributed by atoms with Crippen LogP contribution in [0.1, 0.15) is 89.7 Å². The molecule has 8 aliphatic carbocycles. The maximum atomic E-state index is 2.81. The number of thioether (sulfide) groups is 1. The maximum absolute atomic E-state index is 2.81. The third kappa shape index (κ3) is 5.38. The quantitative estimate of drug-likeness (QED) is 0.283. The Bertz CT molecular complexity index is 2380. The lowest BCUT2D eigenvalue weighted by atomic mass is 9.50. The Morgan fingerprint density at radius 1 is 0.727 bits per heavy atom. The number of fused-ring (bicyclic) bond motifs is 7. The Balaban J connectivity index is 1.11. The highest BCUT2D eigenvalue weighted by Crippen LogP contribution is 2.62. The second-order valence-corrected chi connectivity index (χ2v) is 19.9. The summed E-state index contributed by atoms with van der Waals surface area (Å²) in [7, 11) is 0. The molecule has 0 aromatic heterocycles. The molecule has 0 radical (unpaired) electrons. The second-order valence-electron chi connectivity index (χ2n) is 18.7. The predicted octanol–water partition coefficient (Wildman–Crippen LogP) is 12.3. The number of allylic oxidation sites excluding steroid dienone is 18. The maximum Gasteiger partial charge on any atom is 0.0221 e. The van der Waals surface area contributed by atoms with Crippen molar-refractivity contribution in [2.75, 3.05) is 0 Å². The first-order valence-electron chi connectivity index (χ1n) is 21.8. The highest BCUT2D eigenvalue weighted by Gasteiger charge is 2.53. The normalized spacial score (nSPS) is 36.9. The van der Waals surface area contributed by atoms with Crippen LogP contribution in [0.4, 0.5) is 0 Å². The van der Waals surface area contributed by atoms with Gasteiger partial charge in [-0.1, -0.05) is 142 Å². The number of hydrogen-bond acceptors (Lipinski definition) is 1. The molecule has 0 nitrogen and oxygen atoms in total. The molecule has 1 aliphatic heterocycles. The first kappa shape index (κ1) is 34.4. The largest absolute Gasteiger partial charge is 0.125 e. The van der Waals surface area contributed by atoms with E-state index in [0.717, 1.165) is 25.2 Å². The zero-order valence-corrected chi connectivity index (χ0v) is 33.8. The van der Waals surface area contributed by atoms with Gasteiger partial charge in [-0.2, -0.15) is 0 Å². The van der Waals surface area contributed by atoms with Gasteiger partial charge in [-0.05, 0) is 147 Å². The van der Waals surface area contributed by atoms with Gasteiger partial charge in [0.2, 0.25) is 0 Å². The SMILES string of the molecule is CC1CCC=CC2C3=C(SC12)C1CCC=CC1C(C1=CC2=C(C4C=CC5=C(C=CCC5)C4)c4ccccc4C(C)(C4C=c5ccccc5=CC4)C2C(C)C1)=C3. The molecule has 0 fully saturated rings. The van der Waals surface area contributed by atoms with E-state index in [4.69, 9.17) is 0 Å². The van der Waals surface area contributed by atoms with E-state index in [0.29, 0.717) is 46.7 Å². The van der Waals surface area contributed by atoms with Gasteiger partial charge in [-0.25, -0.2) is 0 Å². The molecular formula is C54H56S. The van der Waals surface area contributed by atoms with E-state index in [1.165, 1.54) is 54.5 Å². The van der Waals surface area contributed by atoms with Crippen LogP contribution >= 0.6 is 11.8 Å². The van der Waals surface area contributed by atoms with Crippen LogP contribution in [0.25, 0.3) is 17.7 Å².